The van der Waals surface area contributed by atoms with E-state index in [9.17, 15) is 9.59 Å². The highest BCUT2D eigenvalue weighted by atomic mass is 35.5. The zero-order valence-corrected chi connectivity index (χ0v) is 17.8. The van der Waals surface area contributed by atoms with Gasteiger partial charge in [-0.1, -0.05) is 23.7 Å². The average molecular weight is 428 g/mol. The Bertz CT molecular complexity index is 943. The maximum absolute atomic E-state index is 13.0. The second-order valence-electron chi connectivity index (χ2n) is 7.85. The summed E-state index contributed by atoms with van der Waals surface area (Å²) in [6.07, 6.45) is 2.61. The predicted octanol–water partition coefficient (Wildman–Crippen LogP) is 3.87. The molecular weight excluding hydrogens is 402 g/mol. The number of amides is 2. The summed E-state index contributed by atoms with van der Waals surface area (Å²) in [4.78, 5) is 29.6. The number of aryl methyl sites for hydroxylation is 1. The first-order valence-electron chi connectivity index (χ1n) is 10.4. The molecule has 4 rings (SSSR count). The van der Waals surface area contributed by atoms with Crippen molar-refractivity contribution in [3.63, 3.8) is 0 Å². The zero-order chi connectivity index (χ0) is 21.1. The number of hydrogen-bond acceptors (Lipinski definition) is 4. The number of nitrogens with zero attached hydrogens (tertiary/aromatic N) is 2. The monoisotopic (exact) mass is 427 g/mol. The van der Waals surface area contributed by atoms with Gasteiger partial charge in [0.05, 0.1) is 18.8 Å². The van der Waals surface area contributed by atoms with E-state index >= 15 is 0 Å². The van der Waals surface area contributed by atoms with Gasteiger partial charge in [0.1, 0.15) is 5.75 Å². The van der Waals surface area contributed by atoms with Crippen LogP contribution in [0.15, 0.2) is 42.5 Å². The van der Waals surface area contributed by atoms with Gasteiger partial charge in [0.15, 0.2) is 6.10 Å². The second kappa shape index (κ2) is 8.96. The Balaban J connectivity index is 1.49. The maximum Gasteiger partial charge on any atom is 0.265 e. The number of benzene rings is 2. The third-order valence-electron chi connectivity index (χ3n) is 5.60. The van der Waals surface area contributed by atoms with Crippen LogP contribution < -0.4 is 15.0 Å². The summed E-state index contributed by atoms with van der Waals surface area (Å²) in [5.41, 5.74) is 2.45. The third-order valence-corrected chi connectivity index (χ3v) is 5.84. The zero-order valence-electron chi connectivity index (χ0n) is 17.1. The number of carbonyl (C=O) groups excluding carboxylic acids is 2. The third kappa shape index (κ3) is 4.54. The van der Waals surface area contributed by atoms with E-state index in [1.54, 1.807) is 12.1 Å². The van der Waals surface area contributed by atoms with E-state index in [0.717, 1.165) is 49.3 Å². The van der Waals surface area contributed by atoms with Gasteiger partial charge in [0.2, 0.25) is 5.91 Å². The summed E-state index contributed by atoms with van der Waals surface area (Å²) < 4.78 is 6.03. The van der Waals surface area contributed by atoms with Gasteiger partial charge in [0.25, 0.3) is 5.91 Å². The standard InChI is InChI=1S/C23H26ClN3O3/c1-16-13-17(24)9-10-18(16)25-22(28)15-27-14-21(23(29)26-11-5-2-6-12-26)30-20-8-4-3-7-19(20)27/h3-4,7-10,13,21H,2,5-6,11-12,14-15H2,1H3,(H,25,28). The Kier molecular flexibility index (Phi) is 6.13. The smallest absolute Gasteiger partial charge is 0.265 e. The molecule has 0 aromatic heterocycles. The number of likely N-dealkylation sites (tertiary alicyclic amines) is 1. The normalized spacial score (nSPS) is 18.4. The quantitative estimate of drug-likeness (QED) is 0.804. The van der Waals surface area contributed by atoms with Crippen molar-refractivity contribution in [1.29, 1.82) is 0 Å². The van der Waals surface area contributed by atoms with Crippen molar-refractivity contribution in [1.82, 2.24) is 4.90 Å². The molecule has 30 heavy (non-hydrogen) atoms. The van der Waals surface area contributed by atoms with Gasteiger partial charge >= 0.3 is 0 Å². The van der Waals surface area contributed by atoms with Crippen LogP contribution in [0.2, 0.25) is 5.02 Å². The number of ether oxygens (including phenoxy) is 1. The number of nitrogens with one attached hydrogen (secondary N) is 1. The molecule has 2 aromatic rings. The molecule has 1 atom stereocenters. The maximum atomic E-state index is 13.0. The minimum atomic E-state index is -0.608. The molecule has 2 amide bonds. The van der Waals surface area contributed by atoms with Crippen LogP contribution in [-0.2, 0) is 9.59 Å². The molecule has 0 saturated carbocycles. The van der Waals surface area contributed by atoms with Gasteiger partial charge < -0.3 is 19.9 Å². The molecule has 1 saturated heterocycles. The fraction of sp³-hybridized carbons (Fsp3) is 0.391. The SMILES string of the molecule is Cc1cc(Cl)ccc1NC(=O)CN1CC(C(=O)N2CCCCC2)Oc2ccccc21. The van der Waals surface area contributed by atoms with E-state index < -0.39 is 6.10 Å². The van der Waals surface area contributed by atoms with Gasteiger partial charge in [-0.2, -0.15) is 0 Å². The lowest BCUT2D eigenvalue weighted by molar-refractivity contribution is -0.139. The Morgan fingerprint density at radius 1 is 1.13 bits per heavy atom. The number of anilines is 2. The van der Waals surface area contributed by atoms with E-state index in [2.05, 4.69) is 5.32 Å². The fourth-order valence-electron chi connectivity index (χ4n) is 4.03. The largest absolute Gasteiger partial charge is 0.477 e. The number of fused-ring (bicyclic) bond motifs is 1. The highest BCUT2D eigenvalue weighted by molar-refractivity contribution is 6.30. The number of hydrogen-bond donors (Lipinski definition) is 1. The Labute approximate surface area is 181 Å². The number of carbonyl (C=O) groups is 2. The molecule has 0 bridgehead atoms. The molecule has 158 valence electrons. The molecule has 0 radical (unpaired) electrons. The van der Waals surface area contributed by atoms with Crippen LogP contribution in [0.4, 0.5) is 11.4 Å². The molecule has 2 aliphatic rings. The predicted molar refractivity (Wildman–Crippen MR) is 118 cm³/mol. The molecule has 2 aromatic carbocycles. The summed E-state index contributed by atoms with van der Waals surface area (Å²) in [6.45, 7) is 3.93. The molecule has 7 heteroatoms. The van der Waals surface area contributed by atoms with Crippen LogP contribution in [0.25, 0.3) is 0 Å². The van der Waals surface area contributed by atoms with Crippen molar-refractivity contribution in [2.75, 3.05) is 36.4 Å². The van der Waals surface area contributed by atoms with Crippen LogP contribution >= 0.6 is 11.6 Å². The summed E-state index contributed by atoms with van der Waals surface area (Å²) in [6, 6.07) is 12.9. The molecule has 1 N–H and O–H groups in total. The summed E-state index contributed by atoms with van der Waals surface area (Å²) in [5, 5.41) is 3.58. The minimum Gasteiger partial charge on any atom is -0.477 e. The van der Waals surface area contributed by atoms with Crippen molar-refractivity contribution >= 4 is 34.8 Å². The van der Waals surface area contributed by atoms with E-state index in [4.69, 9.17) is 16.3 Å². The molecule has 2 heterocycles. The highest BCUT2D eigenvalue weighted by Crippen LogP contribution is 2.33. The Morgan fingerprint density at radius 3 is 2.67 bits per heavy atom. The van der Waals surface area contributed by atoms with Crippen molar-refractivity contribution in [3.05, 3.63) is 53.1 Å². The lowest BCUT2D eigenvalue weighted by Gasteiger charge is -2.38. The number of rotatable bonds is 4. The molecule has 0 aliphatic carbocycles. The van der Waals surface area contributed by atoms with Crippen molar-refractivity contribution in [2.45, 2.75) is 32.3 Å². The summed E-state index contributed by atoms with van der Waals surface area (Å²) in [5.74, 6) is 0.485. The Morgan fingerprint density at radius 2 is 1.90 bits per heavy atom. The Hall–Kier alpha value is -2.73. The second-order valence-corrected chi connectivity index (χ2v) is 8.28. The minimum absolute atomic E-state index is 0.00292. The fourth-order valence-corrected chi connectivity index (χ4v) is 4.26. The first-order chi connectivity index (χ1) is 14.5. The van der Waals surface area contributed by atoms with E-state index in [1.165, 1.54) is 0 Å². The molecule has 0 spiro atoms. The van der Waals surface area contributed by atoms with E-state index in [-0.39, 0.29) is 18.4 Å². The van der Waals surface area contributed by atoms with Crippen molar-refractivity contribution in [3.8, 4) is 5.75 Å². The van der Waals surface area contributed by atoms with Gasteiger partial charge in [-0.3, -0.25) is 9.59 Å². The van der Waals surface area contributed by atoms with Gasteiger partial charge in [-0.25, -0.2) is 0 Å². The molecule has 6 nitrogen and oxygen atoms in total. The summed E-state index contributed by atoms with van der Waals surface area (Å²) >= 11 is 6.00. The number of para-hydroxylation sites is 2. The molecule has 2 aliphatic heterocycles. The van der Waals surface area contributed by atoms with E-state index in [1.807, 2.05) is 47.1 Å². The first-order valence-corrected chi connectivity index (χ1v) is 10.7. The lowest BCUT2D eigenvalue weighted by atomic mass is 10.1. The van der Waals surface area contributed by atoms with Crippen LogP contribution in [0.1, 0.15) is 24.8 Å². The number of piperidine rings is 1. The molecule has 1 fully saturated rings. The number of halogens is 1. The van der Waals surface area contributed by atoms with Crippen LogP contribution in [0, 0.1) is 6.92 Å². The van der Waals surface area contributed by atoms with E-state index in [0.29, 0.717) is 17.3 Å². The summed E-state index contributed by atoms with van der Waals surface area (Å²) in [7, 11) is 0. The van der Waals surface area contributed by atoms with Gasteiger partial charge in [0, 0.05) is 23.8 Å². The van der Waals surface area contributed by atoms with Crippen LogP contribution in [0.5, 0.6) is 5.75 Å². The van der Waals surface area contributed by atoms with Crippen LogP contribution in [-0.4, -0.2) is 49.0 Å². The van der Waals surface area contributed by atoms with Crippen LogP contribution in [0.3, 0.4) is 0 Å². The highest BCUT2D eigenvalue weighted by Gasteiger charge is 2.34. The van der Waals surface area contributed by atoms with Crippen molar-refractivity contribution in [2.24, 2.45) is 0 Å². The first kappa shape index (κ1) is 20.5. The molecular formula is C23H26ClN3O3. The van der Waals surface area contributed by atoms with Gasteiger partial charge in [-0.15, -0.1) is 0 Å². The van der Waals surface area contributed by atoms with Gasteiger partial charge in [-0.05, 0) is 62.1 Å². The lowest BCUT2D eigenvalue weighted by Crippen LogP contribution is -2.52. The average Bonchev–Trinajstić information content (AvgIpc) is 2.75. The molecule has 1 unspecified atom stereocenters. The van der Waals surface area contributed by atoms with Crippen molar-refractivity contribution < 1.29 is 14.3 Å². The topological polar surface area (TPSA) is 61.9 Å².